The number of ether oxygens (including phenoxy) is 1. The van der Waals surface area contributed by atoms with Crippen LogP contribution >= 0.6 is 0 Å². The molecule has 166 valence electrons. The molecule has 2 heterocycles. The van der Waals surface area contributed by atoms with Crippen LogP contribution in [0.3, 0.4) is 0 Å². The van der Waals surface area contributed by atoms with E-state index in [9.17, 15) is 14.4 Å². The summed E-state index contributed by atoms with van der Waals surface area (Å²) in [4.78, 5) is 42.0. The van der Waals surface area contributed by atoms with E-state index >= 15 is 0 Å². The number of pyridine rings is 1. The minimum atomic E-state index is -1.15. The Balaban J connectivity index is 1.45. The predicted molar refractivity (Wildman–Crippen MR) is 118 cm³/mol. The van der Waals surface area contributed by atoms with Crippen LogP contribution in [0, 0.1) is 0 Å². The van der Waals surface area contributed by atoms with Crippen molar-refractivity contribution >= 4 is 28.8 Å². The lowest BCUT2D eigenvalue weighted by molar-refractivity contribution is -0.127. The van der Waals surface area contributed by atoms with E-state index in [2.05, 4.69) is 15.6 Å². The fourth-order valence-electron chi connectivity index (χ4n) is 3.85. The van der Waals surface area contributed by atoms with Crippen molar-refractivity contribution < 1.29 is 23.5 Å². The standard InChI is InChI=1S/C24H25N3O5/c1-15(22(28)27-24(30)25-16-8-3-2-4-9-16)32-23(29)18-14-20(21-12-7-13-31-21)26-19-11-6-5-10-17(18)19/h5-7,10-16H,2-4,8-9H2,1H3,(H2,25,27,28,30)/t15-/m1/s1. The number of para-hydroxylation sites is 1. The molecule has 4 rings (SSSR count). The monoisotopic (exact) mass is 435 g/mol. The molecule has 0 unspecified atom stereocenters. The Labute approximate surface area is 185 Å². The van der Waals surface area contributed by atoms with Crippen molar-refractivity contribution in [1.82, 2.24) is 15.6 Å². The Kier molecular flexibility index (Phi) is 6.49. The molecule has 0 radical (unpaired) electrons. The van der Waals surface area contributed by atoms with Crippen LogP contribution in [0.1, 0.15) is 49.4 Å². The number of nitrogens with zero attached hydrogens (tertiary/aromatic N) is 1. The lowest BCUT2D eigenvalue weighted by Crippen LogP contribution is -2.48. The normalized spacial score (nSPS) is 15.2. The van der Waals surface area contributed by atoms with Crippen molar-refractivity contribution in [1.29, 1.82) is 0 Å². The molecule has 1 saturated carbocycles. The number of hydrogen-bond donors (Lipinski definition) is 2. The smallest absolute Gasteiger partial charge is 0.339 e. The van der Waals surface area contributed by atoms with Crippen molar-refractivity contribution in [2.45, 2.75) is 51.2 Å². The molecule has 8 nitrogen and oxygen atoms in total. The second kappa shape index (κ2) is 9.64. The Bertz CT molecular complexity index is 1120. The van der Waals surface area contributed by atoms with Gasteiger partial charge in [-0.1, -0.05) is 37.5 Å². The van der Waals surface area contributed by atoms with Gasteiger partial charge in [-0.05, 0) is 44.0 Å². The van der Waals surface area contributed by atoms with Gasteiger partial charge in [-0.15, -0.1) is 0 Å². The first-order valence-electron chi connectivity index (χ1n) is 10.8. The number of esters is 1. The summed E-state index contributed by atoms with van der Waals surface area (Å²) in [7, 11) is 0. The molecular formula is C24H25N3O5. The third kappa shape index (κ3) is 4.96. The summed E-state index contributed by atoms with van der Waals surface area (Å²) in [6.07, 6.45) is 5.46. The number of urea groups is 1. The van der Waals surface area contributed by atoms with Crippen LogP contribution in [-0.4, -0.2) is 35.0 Å². The summed E-state index contributed by atoms with van der Waals surface area (Å²) in [6, 6.07) is 11.7. The van der Waals surface area contributed by atoms with Crippen LogP contribution in [0.4, 0.5) is 4.79 Å². The zero-order valence-electron chi connectivity index (χ0n) is 17.8. The van der Waals surface area contributed by atoms with Crippen LogP contribution in [-0.2, 0) is 9.53 Å². The number of rotatable bonds is 5. The molecule has 1 aliphatic carbocycles. The third-order valence-electron chi connectivity index (χ3n) is 5.54. The average molecular weight is 435 g/mol. The maximum atomic E-state index is 12.9. The van der Waals surface area contributed by atoms with Crippen molar-refractivity contribution in [2.75, 3.05) is 0 Å². The third-order valence-corrected chi connectivity index (χ3v) is 5.54. The first-order chi connectivity index (χ1) is 15.5. The van der Waals surface area contributed by atoms with Gasteiger partial charge in [-0.25, -0.2) is 14.6 Å². The number of fused-ring (bicyclic) bond motifs is 1. The van der Waals surface area contributed by atoms with Gasteiger partial charge in [-0.3, -0.25) is 10.1 Å². The SMILES string of the molecule is C[C@@H](OC(=O)c1cc(-c2ccco2)nc2ccccc12)C(=O)NC(=O)NC1CCCCC1. The van der Waals surface area contributed by atoms with Crippen LogP contribution in [0.25, 0.3) is 22.4 Å². The summed E-state index contributed by atoms with van der Waals surface area (Å²) >= 11 is 0. The topological polar surface area (TPSA) is 111 Å². The van der Waals surface area contributed by atoms with Gasteiger partial charge in [0.2, 0.25) is 0 Å². The molecule has 0 bridgehead atoms. The number of furan rings is 1. The molecule has 8 heteroatoms. The van der Waals surface area contributed by atoms with E-state index in [4.69, 9.17) is 9.15 Å². The molecule has 32 heavy (non-hydrogen) atoms. The fraction of sp³-hybridized carbons (Fsp3) is 0.333. The highest BCUT2D eigenvalue weighted by atomic mass is 16.5. The Hall–Kier alpha value is -3.68. The minimum Gasteiger partial charge on any atom is -0.463 e. The van der Waals surface area contributed by atoms with Crippen LogP contribution in [0.15, 0.2) is 53.1 Å². The Morgan fingerprint density at radius 1 is 1.09 bits per heavy atom. The van der Waals surface area contributed by atoms with Gasteiger partial charge in [0.05, 0.1) is 17.3 Å². The van der Waals surface area contributed by atoms with Crippen LogP contribution in [0.2, 0.25) is 0 Å². The molecule has 0 aliphatic heterocycles. The van der Waals surface area contributed by atoms with Gasteiger partial charge in [0.25, 0.3) is 5.91 Å². The number of carbonyl (C=O) groups excluding carboxylic acids is 3. The van der Waals surface area contributed by atoms with E-state index in [1.807, 2.05) is 6.07 Å². The first kappa shape index (κ1) is 21.5. The van der Waals surface area contributed by atoms with Crippen LogP contribution in [0.5, 0.6) is 0 Å². The zero-order valence-corrected chi connectivity index (χ0v) is 17.8. The van der Waals surface area contributed by atoms with Gasteiger partial charge < -0.3 is 14.5 Å². The molecule has 1 aromatic carbocycles. The first-order valence-corrected chi connectivity index (χ1v) is 10.8. The van der Waals surface area contributed by atoms with E-state index in [0.717, 1.165) is 32.1 Å². The molecule has 0 saturated heterocycles. The number of hydrogen-bond acceptors (Lipinski definition) is 6. The lowest BCUT2D eigenvalue weighted by atomic mass is 9.96. The Morgan fingerprint density at radius 3 is 2.62 bits per heavy atom. The second-order valence-corrected chi connectivity index (χ2v) is 7.89. The second-order valence-electron chi connectivity index (χ2n) is 7.89. The van der Waals surface area contributed by atoms with Crippen molar-refractivity contribution in [3.05, 3.63) is 54.3 Å². The number of imide groups is 1. The number of aromatic nitrogens is 1. The predicted octanol–water partition coefficient (Wildman–Crippen LogP) is 4.20. The molecule has 1 fully saturated rings. The molecular weight excluding hydrogens is 410 g/mol. The zero-order chi connectivity index (χ0) is 22.5. The van der Waals surface area contributed by atoms with Crippen molar-refractivity contribution in [2.24, 2.45) is 0 Å². The number of nitrogens with one attached hydrogen (secondary N) is 2. The largest absolute Gasteiger partial charge is 0.463 e. The lowest BCUT2D eigenvalue weighted by Gasteiger charge is -2.23. The summed E-state index contributed by atoms with van der Waals surface area (Å²) < 4.78 is 10.8. The molecule has 0 spiro atoms. The highest BCUT2D eigenvalue weighted by Crippen LogP contribution is 2.26. The quantitative estimate of drug-likeness (QED) is 0.581. The van der Waals surface area contributed by atoms with E-state index in [1.54, 1.807) is 36.4 Å². The summed E-state index contributed by atoms with van der Waals surface area (Å²) in [5.41, 5.74) is 1.33. The maximum absolute atomic E-state index is 12.9. The molecule has 1 atom stereocenters. The summed E-state index contributed by atoms with van der Waals surface area (Å²) in [5, 5.41) is 5.66. The van der Waals surface area contributed by atoms with Gasteiger partial charge in [0.15, 0.2) is 11.9 Å². The molecule has 2 aromatic heterocycles. The van der Waals surface area contributed by atoms with E-state index in [1.165, 1.54) is 13.2 Å². The summed E-state index contributed by atoms with van der Waals surface area (Å²) in [5.74, 6) is -0.863. The molecule has 3 aromatic rings. The van der Waals surface area contributed by atoms with E-state index in [-0.39, 0.29) is 11.6 Å². The van der Waals surface area contributed by atoms with Crippen molar-refractivity contribution in [3.63, 3.8) is 0 Å². The van der Waals surface area contributed by atoms with Gasteiger partial charge >= 0.3 is 12.0 Å². The number of benzene rings is 1. The molecule has 3 amide bonds. The van der Waals surface area contributed by atoms with E-state index < -0.39 is 24.0 Å². The van der Waals surface area contributed by atoms with E-state index in [0.29, 0.717) is 22.4 Å². The average Bonchev–Trinajstić information content (AvgIpc) is 3.34. The van der Waals surface area contributed by atoms with Gasteiger partial charge in [0, 0.05) is 11.4 Å². The number of amides is 3. The van der Waals surface area contributed by atoms with Gasteiger partial charge in [0.1, 0.15) is 5.69 Å². The van der Waals surface area contributed by atoms with Crippen molar-refractivity contribution in [3.8, 4) is 11.5 Å². The number of carbonyl (C=O) groups is 3. The maximum Gasteiger partial charge on any atom is 0.339 e. The highest BCUT2D eigenvalue weighted by Gasteiger charge is 2.24. The molecule has 1 aliphatic rings. The minimum absolute atomic E-state index is 0.0672. The Morgan fingerprint density at radius 2 is 1.88 bits per heavy atom. The molecule has 2 N–H and O–H groups in total. The summed E-state index contributed by atoms with van der Waals surface area (Å²) in [6.45, 7) is 1.43. The fourth-order valence-corrected chi connectivity index (χ4v) is 3.85. The van der Waals surface area contributed by atoms with Crippen LogP contribution < -0.4 is 10.6 Å². The van der Waals surface area contributed by atoms with Gasteiger partial charge in [-0.2, -0.15) is 0 Å². The highest BCUT2D eigenvalue weighted by molar-refractivity contribution is 6.05.